The second-order valence-corrected chi connectivity index (χ2v) is 15.4. The van der Waals surface area contributed by atoms with Gasteiger partial charge in [0.15, 0.2) is 5.78 Å². The number of aromatic hydroxyl groups is 1. The monoisotopic (exact) mass is 706 g/mol. The minimum Gasteiger partial charge on any atom is -0.508 e. The average Bonchev–Trinajstić information content (AvgIpc) is 2.94. The molecular weight excluding hydrogens is 660 g/mol. The number of carbonyl (C=O) groups excluding carboxylic acids is 1. The van der Waals surface area contributed by atoms with E-state index in [0.29, 0.717) is 27.6 Å². The van der Waals surface area contributed by atoms with E-state index in [1.54, 1.807) is 13.2 Å². The number of alkyl halides is 3. The number of ether oxygens (including phenoxy) is 2. The van der Waals surface area contributed by atoms with E-state index in [1.165, 1.54) is 25.5 Å². The van der Waals surface area contributed by atoms with Crippen molar-refractivity contribution in [2.45, 2.75) is 91.7 Å². The van der Waals surface area contributed by atoms with Gasteiger partial charge < -0.3 is 14.6 Å². The molecule has 0 heterocycles. The van der Waals surface area contributed by atoms with Crippen LogP contribution in [-0.4, -0.2) is 25.1 Å². The number of phenolic OH excluding ortho intramolecular Hbond substituents is 1. The fraction of sp³-hybridized carbons (Fsp3) is 0.410. The molecule has 0 amide bonds. The van der Waals surface area contributed by atoms with Gasteiger partial charge in [-0.3, -0.25) is 4.79 Å². The fourth-order valence-electron chi connectivity index (χ4n) is 4.94. The van der Waals surface area contributed by atoms with E-state index in [9.17, 15) is 23.1 Å². The molecular formula is C39H47Cl2F3O4. The van der Waals surface area contributed by atoms with Crippen LogP contribution in [0.15, 0.2) is 60.7 Å². The molecule has 0 bridgehead atoms. The van der Waals surface area contributed by atoms with Crippen LogP contribution in [0.2, 0.25) is 10.0 Å². The lowest BCUT2D eigenvalue weighted by molar-refractivity contribution is -0.137. The van der Waals surface area contributed by atoms with Gasteiger partial charge in [-0.2, -0.15) is 13.2 Å². The Morgan fingerprint density at radius 1 is 0.625 bits per heavy atom. The highest BCUT2D eigenvalue weighted by molar-refractivity contribution is 6.34. The van der Waals surface area contributed by atoms with Gasteiger partial charge in [0.25, 0.3) is 0 Å². The molecule has 0 fully saturated rings. The van der Waals surface area contributed by atoms with Gasteiger partial charge in [0, 0.05) is 16.7 Å². The summed E-state index contributed by atoms with van der Waals surface area (Å²) in [6.07, 6.45) is -4.46. The molecule has 0 spiro atoms. The maximum Gasteiger partial charge on any atom is 0.417 e. The van der Waals surface area contributed by atoms with Gasteiger partial charge in [0.2, 0.25) is 0 Å². The van der Waals surface area contributed by atoms with Crippen molar-refractivity contribution in [2.24, 2.45) is 0 Å². The van der Waals surface area contributed by atoms with Crippen molar-refractivity contribution in [1.82, 2.24) is 0 Å². The minimum atomic E-state index is -4.46. The first-order valence-electron chi connectivity index (χ1n) is 15.4. The first kappa shape index (κ1) is 40.8. The Morgan fingerprint density at radius 3 is 1.44 bits per heavy atom. The molecule has 0 unspecified atom stereocenters. The number of benzene rings is 4. The molecule has 9 heteroatoms. The maximum absolute atomic E-state index is 12.7. The Morgan fingerprint density at radius 2 is 1.04 bits per heavy atom. The number of fused-ring (bicyclic) bond motifs is 1. The van der Waals surface area contributed by atoms with Gasteiger partial charge in [-0.25, -0.2) is 0 Å². The zero-order valence-corrected chi connectivity index (χ0v) is 31.3. The highest BCUT2D eigenvalue weighted by atomic mass is 35.5. The molecule has 48 heavy (non-hydrogen) atoms. The molecule has 4 rings (SSSR count). The molecule has 0 radical (unpaired) electrons. The van der Waals surface area contributed by atoms with Crippen LogP contribution >= 0.6 is 23.2 Å². The van der Waals surface area contributed by atoms with Crippen LogP contribution in [-0.2, 0) is 22.4 Å². The Labute approximate surface area is 293 Å². The molecule has 4 aromatic carbocycles. The van der Waals surface area contributed by atoms with Crippen LogP contribution in [0, 0.1) is 0 Å². The predicted molar refractivity (Wildman–Crippen MR) is 193 cm³/mol. The van der Waals surface area contributed by atoms with Crippen LogP contribution in [0.3, 0.4) is 0 Å². The predicted octanol–water partition coefficient (Wildman–Crippen LogP) is 12.4. The minimum absolute atomic E-state index is 0.0197. The highest BCUT2D eigenvalue weighted by Crippen LogP contribution is 2.42. The van der Waals surface area contributed by atoms with E-state index in [-0.39, 0.29) is 21.6 Å². The summed E-state index contributed by atoms with van der Waals surface area (Å²) in [6.45, 7) is 19.5. The van der Waals surface area contributed by atoms with Gasteiger partial charge in [0.1, 0.15) is 17.2 Å². The zero-order chi connectivity index (χ0) is 37.0. The molecule has 4 aromatic rings. The summed E-state index contributed by atoms with van der Waals surface area (Å²) in [4.78, 5) is 11.4. The lowest BCUT2D eigenvalue weighted by Gasteiger charge is -2.24. The second kappa shape index (κ2) is 15.4. The average molecular weight is 708 g/mol. The Hall–Kier alpha value is -3.42. The molecule has 0 saturated heterocycles. The normalized spacial score (nSPS) is 12.0. The fourth-order valence-corrected chi connectivity index (χ4v) is 5.48. The van der Waals surface area contributed by atoms with Gasteiger partial charge in [-0.1, -0.05) is 110 Å². The largest absolute Gasteiger partial charge is 0.508 e. The molecule has 262 valence electrons. The number of hydrogen-bond acceptors (Lipinski definition) is 4. The summed E-state index contributed by atoms with van der Waals surface area (Å²) in [5.41, 5.74) is 1.64. The standard InChI is InChI=1S/C14H16O.C13H17ClO2.C12H14ClF3O/c1-14(2,3)12-8-10-6-4-5-7-11(10)9-13(12)15;1-8(15)9-6-10(13(2,3)4)12(16-5)7-11(9)14;1-11(2,3)8-5-7(12(14,15)16)9(13)6-10(8)17-4/h4-9,15H,1-3H3;6-7H,1-5H3;5-6H,1-4H3. The zero-order valence-electron chi connectivity index (χ0n) is 29.8. The van der Waals surface area contributed by atoms with E-state index in [0.717, 1.165) is 28.3 Å². The van der Waals surface area contributed by atoms with Gasteiger partial charge in [-0.15, -0.1) is 0 Å². The SMILES string of the molecule is CC(C)(C)c1cc2ccccc2cc1O.COc1cc(Cl)c(C(C)=O)cc1C(C)(C)C.COc1cc(Cl)c(C(F)(F)F)cc1C(C)(C)C. The number of halogens is 5. The summed E-state index contributed by atoms with van der Waals surface area (Å²) in [6, 6.07) is 17.8. The van der Waals surface area contributed by atoms with Crippen molar-refractivity contribution in [3.63, 3.8) is 0 Å². The third kappa shape index (κ3) is 10.5. The van der Waals surface area contributed by atoms with Crippen LogP contribution in [0.5, 0.6) is 17.2 Å². The van der Waals surface area contributed by atoms with Crippen molar-refractivity contribution in [1.29, 1.82) is 0 Å². The van der Waals surface area contributed by atoms with Gasteiger partial charge in [-0.05, 0) is 75.9 Å². The Balaban J connectivity index is 0.000000250. The number of ketones is 1. The molecule has 0 aliphatic heterocycles. The maximum atomic E-state index is 12.7. The molecule has 0 aliphatic carbocycles. The Kier molecular flexibility index (Phi) is 13.1. The first-order valence-corrected chi connectivity index (χ1v) is 16.1. The summed E-state index contributed by atoms with van der Waals surface area (Å²) >= 11 is 11.6. The van der Waals surface area contributed by atoms with Gasteiger partial charge >= 0.3 is 6.18 Å². The van der Waals surface area contributed by atoms with Crippen molar-refractivity contribution in [3.8, 4) is 17.2 Å². The summed E-state index contributed by atoms with van der Waals surface area (Å²) < 4.78 is 48.5. The summed E-state index contributed by atoms with van der Waals surface area (Å²) in [7, 11) is 3.02. The Bertz CT molecular complexity index is 1740. The van der Waals surface area contributed by atoms with E-state index >= 15 is 0 Å². The van der Waals surface area contributed by atoms with Crippen LogP contribution in [0.1, 0.15) is 102 Å². The molecule has 0 aromatic heterocycles. The summed E-state index contributed by atoms with van der Waals surface area (Å²) in [5.74, 6) is 1.46. The number of methoxy groups -OCH3 is 2. The number of phenols is 1. The third-order valence-corrected chi connectivity index (χ3v) is 8.18. The van der Waals surface area contributed by atoms with E-state index in [1.807, 2.05) is 51.1 Å². The second-order valence-electron chi connectivity index (χ2n) is 14.6. The van der Waals surface area contributed by atoms with Gasteiger partial charge in [0.05, 0.1) is 29.8 Å². The van der Waals surface area contributed by atoms with Crippen molar-refractivity contribution >= 4 is 39.8 Å². The third-order valence-electron chi connectivity index (χ3n) is 7.55. The number of hydrogen-bond donors (Lipinski definition) is 1. The lowest BCUT2D eigenvalue weighted by Crippen LogP contribution is -2.16. The molecule has 4 nitrogen and oxygen atoms in total. The van der Waals surface area contributed by atoms with Crippen LogP contribution in [0.25, 0.3) is 10.8 Å². The topological polar surface area (TPSA) is 55.8 Å². The quantitative estimate of drug-likeness (QED) is 0.215. The van der Waals surface area contributed by atoms with Crippen molar-refractivity contribution < 1.29 is 32.5 Å². The lowest BCUT2D eigenvalue weighted by atomic mass is 9.85. The number of Topliss-reactive ketones (excluding diaryl/α,β-unsaturated/α-hetero) is 1. The van der Waals surface area contributed by atoms with E-state index in [2.05, 4.69) is 53.7 Å². The molecule has 0 atom stereocenters. The molecule has 0 aliphatic rings. The first-order chi connectivity index (χ1) is 21.8. The molecule has 0 saturated carbocycles. The smallest absolute Gasteiger partial charge is 0.417 e. The highest BCUT2D eigenvalue weighted by Gasteiger charge is 2.35. The number of carbonyl (C=O) groups is 1. The van der Waals surface area contributed by atoms with Crippen LogP contribution in [0.4, 0.5) is 13.2 Å². The van der Waals surface area contributed by atoms with Crippen molar-refractivity contribution in [3.05, 3.63) is 98.5 Å². The summed E-state index contributed by atoms with van der Waals surface area (Å²) in [5, 5.41) is 12.3. The van der Waals surface area contributed by atoms with E-state index in [4.69, 9.17) is 32.7 Å². The van der Waals surface area contributed by atoms with Crippen molar-refractivity contribution in [2.75, 3.05) is 14.2 Å². The molecule has 1 N–H and O–H groups in total. The van der Waals surface area contributed by atoms with E-state index < -0.39 is 17.2 Å². The number of rotatable bonds is 3. The van der Waals surface area contributed by atoms with Crippen LogP contribution < -0.4 is 9.47 Å².